The van der Waals surface area contributed by atoms with Gasteiger partial charge in [0.2, 0.25) is 0 Å². The lowest BCUT2D eigenvalue weighted by molar-refractivity contribution is 0.313. The third-order valence-electron chi connectivity index (χ3n) is 5.09. The lowest BCUT2D eigenvalue weighted by Crippen LogP contribution is -2.44. The quantitative estimate of drug-likeness (QED) is 0.743. The molecule has 134 valence electrons. The Kier molecular flexibility index (Phi) is 4.70. The first-order valence-electron chi connectivity index (χ1n) is 8.96. The summed E-state index contributed by atoms with van der Waals surface area (Å²) in [5, 5.41) is 8.43. The van der Waals surface area contributed by atoms with E-state index < -0.39 is 0 Å². The zero-order valence-corrected chi connectivity index (χ0v) is 15.9. The number of rotatable bonds is 3. The number of piperazine rings is 1. The second-order valence-electron chi connectivity index (χ2n) is 6.92. The van der Waals surface area contributed by atoms with Crippen molar-refractivity contribution in [2.75, 3.05) is 38.1 Å². The molecule has 1 aliphatic rings. The highest BCUT2D eigenvalue weighted by molar-refractivity contribution is 6.30. The first-order chi connectivity index (χ1) is 12.6. The van der Waals surface area contributed by atoms with E-state index in [0.717, 1.165) is 59.3 Å². The molecule has 5 heteroatoms. The first kappa shape index (κ1) is 17.1. The first-order valence-corrected chi connectivity index (χ1v) is 9.34. The van der Waals surface area contributed by atoms with Crippen molar-refractivity contribution in [3.05, 3.63) is 59.2 Å². The van der Waals surface area contributed by atoms with Crippen molar-refractivity contribution in [2.24, 2.45) is 0 Å². The Balaban J connectivity index is 1.63. The van der Waals surface area contributed by atoms with Crippen molar-refractivity contribution in [3.63, 3.8) is 0 Å². The van der Waals surface area contributed by atoms with Gasteiger partial charge in [-0.1, -0.05) is 35.9 Å². The highest BCUT2D eigenvalue weighted by Gasteiger charge is 2.17. The molecule has 1 aromatic heterocycles. The largest absolute Gasteiger partial charge is 0.369 e. The molecule has 0 unspecified atom stereocenters. The van der Waals surface area contributed by atoms with E-state index in [-0.39, 0.29) is 0 Å². The second kappa shape index (κ2) is 7.14. The summed E-state index contributed by atoms with van der Waals surface area (Å²) in [7, 11) is 2.18. The highest BCUT2D eigenvalue weighted by Crippen LogP contribution is 2.34. The molecule has 4 rings (SSSR count). The van der Waals surface area contributed by atoms with Gasteiger partial charge in [-0.3, -0.25) is 5.10 Å². The van der Waals surface area contributed by atoms with Gasteiger partial charge >= 0.3 is 0 Å². The summed E-state index contributed by atoms with van der Waals surface area (Å²) in [6.45, 7) is 6.43. The third-order valence-corrected chi connectivity index (χ3v) is 5.34. The SMILES string of the molecule is Cc1[nH]nc(-c2ccc(N3CCN(C)CC3)cc2)c1-c1ccc(Cl)cc1. The van der Waals surface area contributed by atoms with Crippen LogP contribution in [0.4, 0.5) is 5.69 Å². The lowest BCUT2D eigenvalue weighted by atomic mass is 9.99. The smallest absolute Gasteiger partial charge is 0.100 e. The number of benzene rings is 2. The summed E-state index contributed by atoms with van der Waals surface area (Å²) in [5.41, 5.74) is 6.70. The molecule has 1 aliphatic heterocycles. The van der Waals surface area contributed by atoms with E-state index >= 15 is 0 Å². The van der Waals surface area contributed by atoms with Gasteiger partial charge in [-0.25, -0.2) is 0 Å². The molecule has 26 heavy (non-hydrogen) atoms. The molecule has 1 fully saturated rings. The molecule has 0 saturated carbocycles. The molecule has 1 N–H and O–H groups in total. The number of anilines is 1. The minimum absolute atomic E-state index is 0.743. The Labute approximate surface area is 159 Å². The number of halogens is 1. The van der Waals surface area contributed by atoms with Gasteiger partial charge in [-0.2, -0.15) is 5.10 Å². The lowest BCUT2D eigenvalue weighted by Gasteiger charge is -2.34. The molecule has 0 radical (unpaired) electrons. The molecule has 4 nitrogen and oxygen atoms in total. The number of nitrogens with one attached hydrogen (secondary N) is 1. The Morgan fingerprint density at radius 1 is 0.885 bits per heavy atom. The number of nitrogens with zero attached hydrogens (tertiary/aromatic N) is 3. The number of aromatic amines is 1. The maximum atomic E-state index is 6.04. The van der Waals surface area contributed by atoms with Crippen LogP contribution in [0.1, 0.15) is 5.69 Å². The average Bonchev–Trinajstić information content (AvgIpc) is 3.05. The van der Waals surface area contributed by atoms with Gasteiger partial charge in [0.15, 0.2) is 0 Å². The van der Waals surface area contributed by atoms with Crippen LogP contribution in [-0.4, -0.2) is 48.3 Å². The van der Waals surface area contributed by atoms with Crippen molar-refractivity contribution in [1.29, 1.82) is 0 Å². The van der Waals surface area contributed by atoms with Crippen molar-refractivity contribution in [3.8, 4) is 22.4 Å². The molecule has 0 amide bonds. The van der Waals surface area contributed by atoms with Gasteiger partial charge in [0.05, 0.1) is 0 Å². The van der Waals surface area contributed by atoms with Crippen molar-refractivity contribution in [2.45, 2.75) is 6.92 Å². The molecule has 3 aromatic rings. The van der Waals surface area contributed by atoms with E-state index in [1.54, 1.807) is 0 Å². The number of H-pyrrole nitrogens is 1. The van der Waals surface area contributed by atoms with Gasteiger partial charge in [-0.15, -0.1) is 0 Å². The minimum atomic E-state index is 0.743. The molecule has 0 atom stereocenters. The summed E-state index contributed by atoms with van der Waals surface area (Å²) in [6.07, 6.45) is 0. The normalized spacial score (nSPS) is 15.4. The topological polar surface area (TPSA) is 35.2 Å². The number of aryl methyl sites for hydroxylation is 1. The van der Waals surface area contributed by atoms with Crippen LogP contribution in [0.2, 0.25) is 5.02 Å². The van der Waals surface area contributed by atoms with E-state index in [1.807, 2.05) is 24.3 Å². The molecule has 2 heterocycles. The molecular weight excluding hydrogens is 344 g/mol. The molecule has 0 spiro atoms. The number of likely N-dealkylation sites (N-methyl/N-ethyl adjacent to an activating group) is 1. The highest BCUT2D eigenvalue weighted by atomic mass is 35.5. The van der Waals surface area contributed by atoms with E-state index in [4.69, 9.17) is 11.6 Å². The maximum Gasteiger partial charge on any atom is 0.100 e. The van der Waals surface area contributed by atoms with Gasteiger partial charge in [-0.05, 0) is 43.8 Å². The Morgan fingerprint density at radius 3 is 2.15 bits per heavy atom. The summed E-state index contributed by atoms with van der Waals surface area (Å²) in [6, 6.07) is 16.7. The van der Waals surface area contributed by atoms with Crippen LogP contribution < -0.4 is 4.90 Å². The van der Waals surface area contributed by atoms with E-state index in [1.165, 1.54) is 5.69 Å². The second-order valence-corrected chi connectivity index (χ2v) is 7.35. The molecule has 0 bridgehead atoms. The Morgan fingerprint density at radius 2 is 1.50 bits per heavy atom. The van der Waals surface area contributed by atoms with Crippen molar-refractivity contribution in [1.82, 2.24) is 15.1 Å². The van der Waals surface area contributed by atoms with Gasteiger partial charge in [0.1, 0.15) is 5.69 Å². The summed E-state index contributed by atoms with van der Waals surface area (Å²) in [5.74, 6) is 0. The van der Waals surface area contributed by atoms with Gasteiger partial charge < -0.3 is 9.80 Å². The minimum Gasteiger partial charge on any atom is -0.369 e. The fourth-order valence-electron chi connectivity index (χ4n) is 3.50. The van der Waals surface area contributed by atoms with Crippen LogP contribution in [0.15, 0.2) is 48.5 Å². The van der Waals surface area contributed by atoms with E-state index in [9.17, 15) is 0 Å². The summed E-state index contributed by atoms with van der Waals surface area (Å²) < 4.78 is 0. The van der Waals surface area contributed by atoms with Gasteiger partial charge in [0, 0.05) is 53.7 Å². The zero-order chi connectivity index (χ0) is 18.1. The van der Waals surface area contributed by atoms with Crippen LogP contribution in [0.3, 0.4) is 0 Å². The molecule has 2 aromatic carbocycles. The monoisotopic (exact) mass is 366 g/mol. The summed E-state index contributed by atoms with van der Waals surface area (Å²) in [4.78, 5) is 4.81. The fraction of sp³-hybridized carbons (Fsp3) is 0.286. The molecule has 1 saturated heterocycles. The fourth-order valence-corrected chi connectivity index (χ4v) is 3.63. The maximum absolute atomic E-state index is 6.04. The predicted molar refractivity (Wildman–Crippen MR) is 109 cm³/mol. The molecular formula is C21H23ClN4. The molecule has 0 aliphatic carbocycles. The number of hydrogen-bond donors (Lipinski definition) is 1. The van der Waals surface area contributed by atoms with Crippen LogP contribution in [-0.2, 0) is 0 Å². The van der Waals surface area contributed by atoms with Crippen LogP contribution in [0, 0.1) is 6.92 Å². The van der Waals surface area contributed by atoms with Crippen LogP contribution in [0.25, 0.3) is 22.4 Å². The zero-order valence-electron chi connectivity index (χ0n) is 15.2. The summed E-state index contributed by atoms with van der Waals surface area (Å²) >= 11 is 6.04. The number of aromatic nitrogens is 2. The van der Waals surface area contributed by atoms with Crippen molar-refractivity contribution < 1.29 is 0 Å². The standard InChI is InChI=1S/C21H23ClN4/c1-15-20(16-3-7-18(22)8-4-16)21(24-23-15)17-5-9-19(10-6-17)26-13-11-25(2)12-14-26/h3-10H,11-14H2,1-2H3,(H,23,24). The Bertz CT molecular complexity index is 875. The third kappa shape index (κ3) is 3.35. The predicted octanol–water partition coefficient (Wildman–Crippen LogP) is 4.46. The van der Waals surface area contributed by atoms with Crippen LogP contribution in [0.5, 0.6) is 0 Å². The van der Waals surface area contributed by atoms with E-state index in [2.05, 4.69) is 58.2 Å². The van der Waals surface area contributed by atoms with Crippen LogP contribution >= 0.6 is 11.6 Å². The number of hydrogen-bond acceptors (Lipinski definition) is 3. The Hall–Kier alpha value is -2.30. The van der Waals surface area contributed by atoms with Crippen molar-refractivity contribution >= 4 is 17.3 Å². The van der Waals surface area contributed by atoms with E-state index in [0.29, 0.717) is 0 Å². The average molecular weight is 367 g/mol. The van der Waals surface area contributed by atoms with Gasteiger partial charge in [0.25, 0.3) is 0 Å².